The first-order chi connectivity index (χ1) is 9.91. The second-order valence-electron chi connectivity index (χ2n) is 5.66. The molecule has 0 radical (unpaired) electrons. The summed E-state index contributed by atoms with van der Waals surface area (Å²) in [6, 6.07) is 6.97. The van der Waals surface area contributed by atoms with Crippen molar-refractivity contribution in [2.24, 2.45) is 0 Å². The number of rotatable bonds is 5. The molecule has 1 atom stereocenters. The Kier molecular flexibility index (Phi) is 5.01. The van der Waals surface area contributed by atoms with E-state index in [1.54, 1.807) is 19.2 Å². The smallest absolute Gasteiger partial charge is 0.207 e. The normalized spacial score (nSPS) is 16.9. The third kappa shape index (κ3) is 3.83. The SMILES string of the molecule is Cc1ccc(S(=O)(=O)N(C)[C@@H](C)CC2=CCC=CC2)cc1. The molecule has 1 aliphatic rings. The molecule has 0 unspecified atom stereocenters. The van der Waals surface area contributed by atoms with Gasteiger partial charge in [-0.3, -0.25) is 0 Å². The Hall–Kier alpha value is -1.39. The predicted octanol–water partition coefficient (Wildman–Crippen LogP) is 3.67. The Morgan fingerprint density at radius 3 is 2.43 bits per heavy atom. The van der Waals surface area contributed by atoms with Gasteiger partial charge in [0.05, 0.1) is 4.90 Å². The predicted molar refractivity (Wildman–Crippen MR) is 86.7 cm³/mol. The van der Waals surface area contributed by atoms with E-state index in [0.717, 1.165) is 24.8 Å². The van der Waals surface area contributed by atoms with Crippen molar-refractivity contribution >= 4 is 10.0 Å². The van der Waals surface area contributed by atoms with Crippen molar-refractivity contribution < 1.29 is 8.42 Å². The van der Waals surface area contributed by atoms with Crippen LogP contribution in [0.3, 0.4) is 0 Å². The average Bonchev–Trinajstić information content (AvgIpc) is 2.48. The van der Waals surface area contributed by atoms with Gasteiger partial charge in [-0.15, -0.1) is 0 Å². The molecule has 0 bridgehead atoms. The van der Waals surface area contributed by atoms with Crippen LogP contribution in [0.1, 0.15) is 31.7 Å². The van der Waals surface area contributed by atoms with Crippen LogP contribution in [-0.2, 0) is 10.0 Å². The van der Waals surface area contributed by atoms with Crippen LogP contribution in [0, 0.1) is 6.92 Å². The van der Waals surface area contributed by atoms with Gasteiger partial charge in [0.2, 0.25) is 10.0 Å². The van der Waals surface area contributed by atoms with Gasteiger partial charge in [0.1, 0.15) is 0 Å². The molecule has 0 saturated heterocycles. The molecule has 0 N–H and O–H groups in total. The molecule has 4 heteroatoms. The van der Waals surface area contributed by atoms with E-state index in [1.807, 2.05) is 26.0 Å². The van der Waals surface area contributed by atoms with Crippen LogP contribution in [-0.4, -0.2) is 25.8 Å². The first-order valence-electron chi connectivity index (χ1n) is 7.29. The van der Waals surface area contributed by atoms with Gasteiger partial charge in [-0.2, -0.15) is 4.31 Å². The maximum atomic E-state index is 12.6. The molecule has 1 aromatic carbocycles. The summed E-state index contributed by atoms with van der Waals surface area (Å²) in [6.07, 6.45) is 9.16. The van der Waals surface area contributed by atoms with Crippen molar-refractivity contribution in [3.8, 4) is 0 Å². The van der Waals surface area contributed by atoms with E-state index >= 15 is 0 Å². The molecular formula is C17H23NO2S. The van der Waals surface area contributed by atoms with Gasteiger partial charge in [0, 0.05) is 13.1 Å². The van der Waals surface area contributed by atoms with Gasteiger partial charge >= 0.3 is 0 Å². The lowest BCUT2D eigenvalue weighted by Crippen LogP contribution is -2.35. The highest BCUT2D eigenvalue weighted by atomic mass is 32.2. The molecule has 0 fully saturated rings. The minimum atomic E-state index is -3.42. The zero-order chi connectivity index (χ0) is 15.5. The lowest BCUT2D eigenvalue weighted by molar-refractivity contribution is 0.384. The summed E-state index contributed by atoms with van der Waals surface area (Å²) >= 11 is 0. The van der Waals surface area contributed by atoms with E-state index in [9.17, 15) is 8.42 Å². The molecule has 0 saturated carbocycles. The third-order valence-corrected chi connectivity index (χ3v) is 5.95. The molecule has 1 aromatic rings. The lowest BCUT2D eigenvalue weighted by Gasteiger charge is -2.25. The van der Waals surface area contributed by atoms with Gasteiger partial charge in [0.15, 0.2) is 0 Å². The molecular weight excluding hydrogens is 282 g/mol. The Bertz CT molecular complexity index is 642. The molecule has 1 aliphatic carbocycles. The van der Waals surface area contributed by atoms with E-state index < -0.39 is 10.0 Å². The van der Waals surface area contributed by atoms with Crippen LogP contribution in [0.2, 0.25) is 0 Å². The fourth-order valence-corrected chi connectivity index (χ4v) is 3.80. The molecule has 0 heterocycles. The monoisotopic (exact) mass is 305 g/mol. The first kappa shape index (κ1) is 16.0. The number of hydrogen-bond donors (Lipinski definition) is 0. The molecule has 0 spiro atoms. The Morgan fingerprint density at radius 1 is 1.19 bits per heavy atom. The Balaban J connectivity index is 2.11. The van der Waals surface area contributed by atoms with Crippen molar-refractivity contribution in [3.63, 3.8) is 0 Å². The molecule has 21 heavy (non-hydrogen) atoms. The number of allylic oxidation sites excluding steroid dienone is 3. The van der Waals surface area contributed by atoms with Gasteiger partial charge < -0.3 is 0 Å². The number of nitrogens with zero attached hydrogens (tertiary/aromatic N) is 1. The van der Waals surface area contributed by atoms with Gasteiger partial charge in [-0.25, -0.2) is 8.42 Å². The highest BCUT2D eigenvalue weighted by Crippen LogP contribution is 2.23. The van der Waals surface area contributed by atoms with Gasteiger partial charge in [-0.1, -0.05) is 41.5 Å². The summed E-state index contributed by atoms with van der Waals surface area (Å²) in [4.78, 5) is 0.361. The van der Waals surface area contributed by atoms with Gasteiger partial charge in [0.25, 0.3) is 0 Å². The van der Waals surface area contributed by atoms with E-state index in [1.165, 1.54) is 9.88 Å². The fourth-order valence-electron chi connectivity index (χ4n) is 2.44. The van der Waals surface area contributed by atoms with Crippen molar-refractivity contribution in [1.82, 2.24) is 4.31 Å². The van der Waals surface area contributed by atoms with Crippen molar-refractivity contribution in [2.45, 2.75) is 44.0 Å². The van der Waals surface area contributed by atoms with Gasteiger partial charge in [-0.05, 0) is 45.2 Å². The summed E-state index contributed by atoms with van der Waals surface area (Å²) in [6.45, 7) is 3.91. The van der Waals surface area contributed by atoms with E-state index in [-0.39, 0.29) is 6.04 Å². The quantitative estimate of drug-likeness (QED) is 0.778. The lowest BCUT2D eigenvalue weighted by atomic mass is 9.99. The summed E-state index contributed by atoms with van der Waals surface area (Å²) in [5, 5.41) is 0. The van der Waals surface area contributed by atoms with Crippen molar-refractivity contribution in [2.75, 3.05) is 7.05 Å². The van der Waals surface area contributed by atoms with E-state index in [0.29, 0.717) is 4.90 Å². The second kappa shape index (κ2) is 6.58. The molecule has 3 nitrogen and oxygen atoms in total. The number of benzene rings is 1. The van der Waals surface area contributed by atoms with Crippen LogP contribution in [0.4, 0.5) is 0 Å². The summed E-state index contributed by atoms with van der Waals surface area (Å²) in [5.41, 5.74) is 2.37. The third-order valence-electron chi connectivity index (χ3n) is 3.97. The molecule has 2 rings (SSSR count). The highest BCUT2D eigenvalue weighted by molar-refractivity contribution is 7.89. The number of hydrogen-bond acceptors (Lipinski definition) is 2. The summed E-state index contributed by atoms with van der Waals surface area (Å²) in [5.74, 6) is 0. The molecule has 0 aliphatic heterocycles. The molecule has 0 aromatic heterocycles. The van der Waals surface area contributed by atoms with Crippen LogP contribution in [0.15, 0.2) is 53.0 Å². The zero-order valence-corrected chi connectivity index (χ0v) is 13.7. The largest absolute Gasteiger partial charge is 0.243 e. The number of sulfonamides is 1. The Labute approximate surface area is 128 Å². The van der Waals surface area contributed by atoms with Crippen LogP contribution in [0.25, 0.3) is 0 Å². The van der Waals surface area contributed by atoms with E-state index in [2.05, 4.69) is 18.2 Å². The standard InChI is InChI=1S/C17H23NO2S/c1-14-9-11-17(12-10-14)21(19,20)18(3)15(2)13-16-7-5-4-6-8-16/h4-5,8-12,15H,6-7,13H2,1-3H3/t15-/m0/s1. The van der Waals surface area contributed by atoms with Crippen molar-refractivity contribution in [3.05, 3.63) is 53.6 Å². The maximum absolute atomic E-state index is 12.6. The Morgan fingerprint density at radius 2 is 1.86 bits per heavy atom. The maximum Gasteiger partial charge on any atom is 0.243 e. The zero-order valence-electron chi connectivity index (χ0n) is 12.9. The topological polar surface area (TPSA) is 37.4 Å². The van der Waals surface area contributed by atoms with Crippen LogP contribution >= 0.6 is 0 Å². The summed E-state index contributed by atoms with van der Waals surface area (Å²) in [7, 11) is -1.75. The minimum absolute atomic E-state index is 0.0472. The average molecular weight is 305 g/mol. The van der Waals surface area contributed by atoms with Crippen LogP contribution < -0.4 is 0 Å². The summed E-state index contributed by atoms with van der Waals surface area (Å²) < 4.78 is 26.7. The number of aryl methyl sites for hydroxylation is 1. The van der Waals surface area contributed by atoms with E-state index in [4.69, 9.17) is 0 Å². The molecule has 0 amide bonds. The fraction of sp³-hybridized carbons (Fsp3) is 0.412. The molecule has 114 valence electrons. The van der Waals surface area contributed by atoms with Crippen LogP contribution in [0.5, 0.6) is 0 Å². The minimum Gasteiger partial charge on any atom is -0.207 e. The van der Waals surface area contributed by atoms with Crippen molar-refractivity contribution in [1.29, 1.82) is 0 Å². The first-order valence-corrected chi connectivity index (χ1v) is 8.73. The second-order valence-corrected chi connectivity index (χ2v) is 7.66. The highest BCUT2D eigenvalue weighted by Gasteiger charge is 2.25.